The summed E-state index contributed by atoms with van der Waals surface area (Å²) in [6.07, 6.45) is 0. The van der Waals surface area contributed by atoms with E-state index in [0.717, 1.165) is 11.1 Å². The van der Waals surface area contributed by atoms with E-state index in [4.69, 9.17) is 16.3 Å². The van der Waals surface area contributed by atoms with Gasteiger partial charge in [-0.25, -0.2) is 4.39 Å². The second-order valence-electron chi connectivity index (χ2n) is 4.14. The molecule has 0 fully saturated rings. The van der Waals surface area contributed by atoms with Gasteiger partial charge < -0.3 is 10.1 Å². The molecule has 0 aliphatic heterocycles. The largest absolute Gasteiger partial charge is 0.494 e. The number of hydrogen-bond donors (Lipinski definition) is 1. The molecule has 0 aromatic heterocycles. The molecule has 0 heterocycles. The average molecular weight is 280 g/mol. The predicted molar refractivity (Wildman–Crippen MR) is 75.3 cm³/mol. The van der Waals surface area contributed by atoms with E-state index in [0.29, 0.717) is 5.02 Å². The standard InChI is InChI=1S/C15H15ClFNO/c1-18-15(11-5-3-4-6-12(11)16)10-7-8-13(17)14(9-10)19-2/h3-9,15,18H,1-2H3. The first-order valence-electron chi connectivity index (χ1n) is 5.92. The predicted octanol–water partition coefficient (Wildman–Crippen LogP) is 3.80. The maximum Gasteiger partial charge on any atom is 0.165 e. The van der Waals surface area contributed by atoms with Crippen molar-refractivity contribution in [2.75, 3.05) is 14.2 Å². The van der Waals surface area contributed by atoms with E-state index in [1.807, 2.05) is 31.3 Å². The van der Waals surface area contributed by atoms with Gasteiger partial charge in [-0.15, -0.1) is 0 Å². The SMILES string of the molecule is CNC(c1ccc(F)c(OC)c1)c1ccccc1Cl. The molecule has 0 aliphatic rings. The van der Waals surface area contributed by atoms with E-state index >= 15 is 0 Å². The van der Waals surface area contributed by atoms with Gasteiger partial charge in [-0.05, 0) is 36.4 Å². The zero-order valence-corrected chi connectivity index (χ0v) is 11.5. The van der Waals surface area contributed by atoms with Crippen LogP contribution < -0.4 is 10.1 Å². The number of rotatable bonds is 4. The van der Waals surface area contributed by atoms with Crippen molar-refractivity contribution in [2.24, 2.45) is 0 Å². The van der Waals surface area contributed by atoms with E-state index in [2.05, 4.69) is 5.32 Å². The maximum absolute atomic E-state index is 13.4. The Kier molecular flexibility index (Phi) is 4.40. The Hall–Kier alpha value is -1.58. The minimum absolute atomic E-state index is 0.108. The van der Waals surface area contributed by atoms with Crippen LogP contribution in [0.1, 0.15) is 17.2 Å². The lowest BCUT2D eigenvalue weighted by atomic mass is 9.98. The molecule has 2 nitrogen and oxygen atoms in total. The molecule has 1 N–H and O–H groups in total. The number of hydrogen-bond acceptors (Lipinski definition) is 2. The summed E-state index contributed by atoms with van der Waals surface area (Å²) >= 11 is 6.21. The van der Waals surface area contributed by atoms with Gasteiger partial charge in [0.2, 0.25) is 0 Å². The van der Waals surface area contributed by atoms with Gasteiger partial charge in [-0.3, -0.25) is 0 Å². The monoisotopic (exact) mass is 279 g/mol. The van der Waals surface area contributed by atoms with Gasteiger partial charge in [0.15, 0.2) is 11.6 Å². The smallest absolute Gasteiger partial charge is 0.165 e. The summed E-state index contributed by atoms with van der Waals surface area (Å²) in [6, 6.07) is 12.3. The number of halogens is 2. The summed E-state index contributed by atoms with van der Waals surface area (Å²) in [7, 11) is 3.29. The van der Waals surface area contributed by atoms with Crippen molar-refractivity contribution in [3.8, 4) is 5.75 Å². The Morgan fingerprint density at radius 2 is 1.95 bits per heavy atom. The second-order valence-corrected chi connectivity index (χ2v) is 4.54. The molecule has 0 saturated carbocycles. The van der Waals surface area contributed by atoms with Gasteiger partial charge in [0.1, 0.15) is 0 Å². The first kappa shape index (κ1) is 13.8. The lowest BCUT2D eigenvalue weighted by Gasteiger charge is -2.19. The van der Waals surface area contributed by atoms with Crippen LogP contribution in [-0.4, -0.2) is 14.2 Å². The molecule has 1 unspecified atom stereocenters. The van der Waals surface area contributed by atoms with Crippen molar-refractivity contribution < 1.29 is 9.13 Å². The summed E-state index contributed by atoms with van der Waals surface area (Å²) in [6.45, 7) is 0. The fourth-order valence-electron chi connectivity index (χ4n) is 2.07. The van der Waals surface area contributed by atoms with Crippen LogP contribution in [0.15, 0.2) is 42.5 Å². The van der Waals surface area contributed by atoms with Crippen LogP contribution in [0.2, 0.25) is 5.02 Å². The van der Waals surface area contributed by atoms with Crippen molar-refractivity contribution >= 4 is 11.6 Å². The minimum Gasteiger partial charge on any atom is -0.494 e. The Bertz CT molecular complexity index is 574. The molecule has 19 heavy (non-hydrogen) atoms. The third-order valence-corrected chi connectivity index (χ3v) is 3.36. The Balaban J connectivity index is 2.45. The minimum atomic E-state index is -0.375. The molecule has 0 radical (unpaired) electrons. The fraction of sp³-hybridized carbons (Fsp3) is 0.200. The molecule has 0 bridgehead atoms. The molecule has 0 spiro atoms. The Labute approximate surface area is 117 Å². The van der Waals surface area contributed by atoms with E-state index in [1.165, 1.54) is 13.2 Å². The van der Waals surface area contributed by atoms with Crippen LogP contribution in [0.4, 0.5) is 4.39 Å². The first-order chi connectivity index (χ1) is 9.17. The van der Waals surface area contributed by atoms with Gasteiger partial charge in [0.05, 0.1) is 13.2 Å². The number of benzene rings is 2. The summed E-state index contributed by atoms with van der Waals surface area (Å²) in [4.78, 5) is 0. The number of ether oxygens (including phenoxy) is 1. The summed E-state index contributed by atoms with van der Waals surface area (Å²) in [5, 5.41) is 3.86. The van der Waals surface area contributed by atoms with Crippen molar-refractivity contribution in [1.82, 2.24) is 5.32 Å². The van der Waals surface area contributed by atoms with Gasteiger partial charge in [0.25, 0.3) is 0 Å². The highest BCUT2D eigenvalue weighted by atomic mass is 35.5. The zero-order valence-electron chi connectivity index (χ0n) is 10.8. The molecule has 100 valence electrons. The average Bonchev–Trinajstić information content (AvgIpc) is 2.43. The molecule has 2 aromatic rings. The zero-order chi connectivity index (χ0) is 13.8. The molecule has 1 atom stereocenters. The molecule has 0 amide bonds. The van der Waals surface area contributed by atoms with E-state index in [-0.39, 0.29) is 17.6 Å². The molecule has 0 aliphatic carbocycles. The fourth-order valence-corrected chi connectivity index (χ4v) is 2.31. The molecular formula is C15H15ClFNO. The highest BCUT2D eigenvalue weighted by Gasteiger charge is 2.16. The molecule has 2 aromatic carbocycles. The summed E-state index contributed by atoms with van der Waals surface area (Å²) in [5.41, 5.74) is 1.84. The molecule has 4 heteroatoms. The lowest BCUT2D eigenvalue weighted by Crippen LogP contribution is -2.18. The van der Waals surface area contributed by atoms with Crippen LogP contribution >= 0.6 is 11.6 Å². The molecular weight excluding hydrogens is 265 g/mol. The van der Waals surface area contributed by atoms with Crippen molar-refractivity contribution in [1.29, 1.82) is 0 Å². The van der Waals surface area contributed by atoms with Gasteiger partial charge >= 0.3 is 0 Å². The van der Waals surface area contributed by atoms with Crippen molar-refractivity contribution in [2.45, 2.75) is 6.04 Å². The van der Waals surface area contributed by atoms with Crippen LogP contribution in [-0.2, 0) is 0 Å². The van der Waals surface area contributed by atoms with Crippen molar-refractivity contribution in [3.05, 3.63) is 64.4 Å². The third kappa shape index (κ3) is 2.88. The topological polar surface area (TPSA) is 21.3 Å². The Morgan fingerprint density at radius 3 is 2.58 bits per heavy atom. The quantitative estimate of drug-likeness (QED) is 0.919. The highest BCUT2D eigenvalue weighted by Crippen LogP contribution is 2.30. The van der Waals surface area contributed by atoms with Crippen LogP contribution in [0.3, 0.4) is 0 Å². The third-order valence-electron chi connectivity index (χ3n) is 3.01. The number of nitrogens with one attached hydrogen (secondary N) is 1. The lowest BCUT2D eigenvalue weighted by molar-refractivity contribution is 0.385. The van der Waals surface area contributed by atoms with E-state index in [9.17, 15) is 4.39 Å². The molecule has 0 saturated heterocycles. The highest BCUT2D eigenvalue weighted by molar-refractivity contribution is 6.31. The van der Waals surface area contributed by atoms with E-state index in [1.54, 1.807) is 12.1 Å². The van der Waals surface area contributed by atoms with Crippen LogP contribution in [0, 0.1) is 5.82 Å². The summed E-state index contributed by atoms with van der Waals surface area (Å²) < 4.78 is 18.5. The van der Waals surface area contributed by atoms with Crippen molar-refractivity contribution in [3.63, 3.8) is 0 Å². The summed E-state index contributed by atoms with van der Waals surface area (Å²) in [5.74, 6) is -0.148. The van der Waals surface area contributed by atoms with Crippen LogP contribution in [0.5, 0.6) is 5.75 Å². The molecule has 2 rings (SSSR count). The maximum atomic E-state index is 13.4. The van der Waals surface area contributed by atoms with Crippen LogP contribution in [0.25, 0.3) is 0 Å². The van der Waals surface area contributed by atoms with E-state index < -0.39 is 0 Å². The first-order valence-corrected chi connectivity index (χ1v) is 6.30. The normalized spacial score (nSPS) is 12.2. The van der Waals surface area contributed by atoms with Gasteiger partial charge in [-0.2, -0.15) is 0 Å². The Morgan fingerprint density at radius 1 is 1.21 bits per heavy atom. The number of methoxy groups -OCH3 is 1. The second kappa shape index (κ2) is 6.04. The van der Waals surface area contributed by atoms with Gasteiger partial charge in [-0.1, -0.05) is 35.9 Å². The van der Waals surface area contributed by atoms with Gasteiger partial charge in [0, 0.05) is 5.02 Å².